The Morgan fingerprint density at radius 3 is 2.15 bits per heavy atom. The highest BCUT2D eigenvalue weighted by Gasteiger charge is 2.36. The third-order valence-corrected chi connectivity index (χ3v) is 3.04. The Hall–Kier alpha value is 0.150. The van der Waals surface area contributed by atoms with Gasteiger partial charge in [0.1, 0.15) is 5.82 Å². The van der Waals surface area contributed by atoms with Crippen molar-refractivity contribution in [3.05, 3.63) is 31.6 Å². The molecule has 0 aromatic heterocycles. The summed E-state index contributed by atoms with van der Waals surface area (Å²) in [6.45, 7) is 0. The van der Waals surface area contributed by atoms with Crippen LogP contribution in [-0.2, 0) is 6.18 Å². The summed E-state index contributed by atoms with van der Waals surface area (Å²) >= 11 is 4.06. The van der Waals surface area contributed by atoms with Gasteiger partial charge in [-0.1, -0.05) is 15.9 Å². The van der Waals surface area contributed by atoms with Gasteiger partial charge in [-0.05, 0) is 34.7 Å². The molecule has 0 N–H and O–H groups in total. The first-order valence-corrected chi connectivity index (χ1v) is 4.92. The van der Waals surface area contributed by atoms with Gasteiger partial charge in [0.2, 0.25) is 0 Å². The standard InChI is InChI=1S/C7H2BrF4I/c8-3-1-2-4(9)6(13)5(3)7(10,11)12/h1-2H. The van der Waals surface area contributed by atoms with Crippen LogP contribution in [0, 0.1) is 9.39 Å². The Balaban J connectivity index is 3.43. The Labute approximate surface area is 93.6 Å². The second-order valence-corrected chi connectivity index (χ2v) is 4.15. The molecule has 6 heteroatoms. The zero-order valence-corrected chi connectivity index (χ0v) is 9.67. The molecule has 13 heavy (non-hydrogen) atoms. The molecule has 0 aliphatic carbocycles. The van der Waals surface area contributed by atoms with Crippen LogP contribution in [-0.4, -0.2) is 0 Å². The summed E-state index contributed by atoms with van der Waals surface area (Å²) < 4.78 is 49.1. The van der Waals surface area contributed by atoms with Gasteiger partial charge in [-0.2, -0.15) is 13.2 Å². The highest BCUT2D eigenvalue weighted by molar-refractivity contribution is 14.1. The molecule has 0 saturated carbocycles. The van der Waals surface area contributed by atoms with Crippen LogP contribution < -0.4 is 0 Å². The number of hydrogen-bond donors (Lipinski definition) is 0. The zero-order chi connectivity index (χ0) is 10.2. The minimum absolute atomic E-state index is 0.147. The number of alkyl halides is 3. The van der Waals surface area contributed by atoms with E-state index in [2.05, 4.69) is 15.9 Å². The molecule has 0 spiro atoms. The third kappa shape index (κ3) is 2.34. The maximum atomic E-state index is 12.8. The summed E-state index contributed by atoms with van der Waals surface area (Å²) in [5.41, 5.74) is -0.965. The first-order valence-electron chi connectivity index (χ1n) is 3.04. The van der Waals surface area contributed by atoms with Gasteiger partial charge in [-0.3, -0.25) is 0 Å². The van der Waals surface area contributed by atoms with Crippen molar-refractivity contribution in [1.29, 1.82) is 0 Å². The third-order valence-electron chi connectivity index (χ3n) is 1.33. The summed E-state index contributed by atoms with van der Waals surface area (Å²) in [7, 11) is 0. The summed E-state index contributed by atoms with van der Waals surface area (Å²) in [4.78, 5) is 0. The van der Waals surface area contributed by atoms with Crippen LogP contribution in [0.5, 0.6) is 0 Å². The molecule has 0 saturated heterocycles. The Morgan fingerprint density at radius 1 is 1.23 bits per heavy atom. The number of hydrogen-bond acceptors (Lipinski definition) is 0. The van der Waals surface area contributed by atoms with Crippen molar-refractivity contribution < 1.29 is 17.6 Å². The van der Waals surface area contributed by atoms with Gasteiger partial charge in [-0.15, -0.1) is 0 Å². The molecule has 1 rings (SSSR count). The van der Waals surface area contributed by atoms with E-state index < -0.39 is 21.1 Å². The van der Waals surface area contributed by atoms with Gasteiger partial charge >= 0.3 is 6.18 Å². The van der Waals surface area contributed by atoms with Crippen LogP contribution in [0.3, 0.4) is 0 Å². The smallest absolute Gasteiger partial charge is 0.206 e. The van der Waals surface area contributed by atoms with Crippen LogP contribution >= 0.6 is 38.5 Å². The fraction of sp³-hybridized carbons (Fsp3) is 0.143. The van der Waals surface area contributed by atoms with Crippen molar-refractivity contribution in [2.45, 2.75) is 6.18 Å². The molecule has 0 unspecified atom stereocenters. The molecule has 0 nitrogen and oxygen atoms in total. The van der Waals surface area contributed by atoms with Crippen LogP contribution in [0.4, 0.5) is 17.6 Å². The van der Waals surface area contributed by atoms with Crippen LogP contribution in [0.1, 0.15) is 5.56 Å². The predicted octanol–water partition coefficient (Wildman–Crippen LogP) is 4.21. The minimum Gasteiger partial charge on any atom is -0.206 e. The quantitative estimate of drug-likeness (QED) is 0.365. The maximum absolute atomic E-state index is 12.8. The fourth-order valence-corrected chi connectivity index (χ4v) is 2.49. The molecule has 1 aromatic rings. The van der Waals surface area contributed by atoms with E-state index in [1.165, 1.54) is 22.6 Å². The highest BCUT2D eigenvalue weighted by Crippen LogP contribution is 2.38. The Kier molecular flexibility index (Phi) is 3.21. The largest absolute Gasteiger partial charge is 0.418 e. The van der Waals surface area contributed by atoms with E-state index >= 15 is 0 Å². The van der Waals surface area contributed by atoms with E-state index in [4.69, 9.17) is 0 Å². The van der Waals surface area contributed by atoms with Gasteiger partial charge in [0.25, 0.3) is 0 Å². The molecule has 0 heterocycles. The molecule has 0 radical (unpaired) electrons. The SMILES string of the molecule is Fc1ccc(Br)c(C(F)(F)F)c1I. The van der Waals surface area contributed by atoms with Crippen molar-refractivity contribution in [1.82, 2.24) is 0 Å². The van der Waals surface area contributed by atoms with Gasteiger partial charge in [-0.25, -0.2) is 4.39 Å². The van der Waals surface area contributed by atoms with Gasteiger partial charge < -0.3 is 0 Å². The highest BCUT2D eigenvalue weighted by atomic mass is 127. The van der Waals surface area contributed by atoms with Crippen molar-refractivity contribution in [3.8, 4) is 0 Å². The zero-order valence-electron chi connectivity index (χ0n) is 5.92. The van der Waals surface area contributed by atoms with Crippen molar-refractivity contribution in [2.24, 2.45) is 0 Å². The first kappa shape index (κ1) is 11.2. The maximum Gasteiger partial charge on any atom is 0.418 e. The lowest BCUT2D eigenvalue weighted by atomic mass is 10.2. The lowest BCUT2D eigenvalue weighted by molar-refractivity contribution is -0.139. The molecular weight excluding hydrogens is 367 g/mol. The molecule has 0 amide bonds. The van der Waals surface area contributed by atoms with E-state index in [-0.39, 0.29) is 4.47 Å². The molecule has 1 aromatic carbocycles. The molecular formula is C7H2BrF4I. The van der Waals surface area contributed by atoms with Crippen LogP contribution in [0.15, 0.2) is 16.6 Å². The second kappa shape index (κ2) is 3.72. The van der Waals surface area contributed by atoms with E-state index in [0.717, 1.165) is 12.1 Å². The molecule has 72 valence electrons. The van der Waals surface area contributed by atoms with Gasteiger partial charge in [0.15, 0.2) is 0 Å². The Bertz CT molecular complexity index is 334. The number of benzene rings is 1. The van der Waals surface area contributed by atoms with E-state index in [9.17, 15) is 17.6 Å². The Morgan fingerprint density at radius 2 is 1.77 bits per heavy atom. The summed E-state index contributed by atoms with van der Waals surface area (Å²) in [5, 5.41) is 0. The predicted molar refractivity (Wildman–Crippen MR) is 51.8 cm³/mol. The normalized spacial score (nSPS) is 11.8. The fourth-order valence-electron chi connectivity index (χ4n) is 0.787. The van der Waals surface area contributed by atoms with Crippen molar-refractivity contribution >= 4 is 38.5 Å². The van der Waals surface area contributed by atoms with E-state index in [0.29, 0.717) is 0 Å². The monoisotopic (exact) mass is 368 g/mol. The minimum atomic E-state index is -4.53. The topological polar surface area (TPSA) is 0 Å². The van der Waals surface area contributed by atoms with E-state index in [1.54, 1.807) is 0 Å². The summed E-state index contributed by atoms with van der Waals surface area (Å²) in [6, 6.07) is 2.03. The van der Waals surface area contributed by atoms with Crippen molar-refractivity contribution in [3.63, 3.8) is 0 Å². The van der Waals surface area contributed by atoms with Crippen LogP contribution in [0.2, 0.25) is 0 Å². The average Bonchev–Trinajstić information content (AvgIpc) is 1.95. The summed E-state index contributed by atoms with van der Waals surface area (Å²) in [6.07, 6.45) is -4.53. The number of halogens is 6. The summed E-state index contributed by atoms with van der Waals surface area (Å²) in [5.74, 6) is -0.865. The van der Waals surface area contributed by atoms with E-state index in [1.807, 2.05) is 0 Å². The lowest BCUT2D eigenvalue weighted by Gasteiger charge is -2.11. The molecule has 0 aliphatic heterocycles. The van der Waals surface area contributed by atoms with Gasteiger partial charge in [0, 0.05) is 4.47 Å². The molecule has 0 fully saturated rings. The van der Waals surface area contributed by atoms with Crippen molar-refractivity contribution in [2.75, 3.05) is 0 Å². The van der Waals surface area contributed by atoms with Gasteiger partial charge in [0.05, 0.1) is 9.13 Å². The molecule has 0 bridgehead atoms. The lowest BCUT2D eigenvalue weighted by Crippen LogP contribution is -2.09. The average molecular weight is 369 g/mol. The molecule has 0 atom stereocenters. The second-order valence-electron chi connectivity index (χ2n) is 2.22. The first-order chi connectivity index (χ1) is 5.84. The molecule has 0 aliphatic rings. The number of rotatable bonds is 0. The van der Waals surface area contributed by atoms with Crippen LogP contribution in [0.25, 0.3) is 0 Å².